The van der Waals surface area contributed by atoms with Crippen LogP contribution in [0.15, 0.2) is 114 Å². The van der Waals surface area contributed by atoms with E-state index in [1.54, 1.807) is 78.6 Å². The third-order valence-electron chi connectivity index (χ3n) is 16.3. The van der Waals surface area contributed by atoms with Gasteiger partial charge in [0.1, 0.15) is 47.1 Å². The van der Waals surface area contributed by atoms with E-state index in [1.165, 1.54) is 18.3 Å². The zero-order valence-corrected chi connectivity index (χ0v) is 56.5. The first-order chi connectivity index (χ1) is 48.9. The lowest BCUT2D eigenvalue weighted by atomic mass is 9.95. The number of halogens is 1. The molecule has 0 saturated heterocycles. The summed E-state index contributed by atoms with van der Waals surface area (Å²) in [6, 6.07) is 21.8. The molecule has 0 spiro atoms. The van der Waals surface area contributed by atoms with E-state index in [2.05, 4.69) is 72.4 Å². The van der Waals surface area contributed by atoms with E-state index in [0.29, 0.717) is 73.7 Å². The number of aromatic amines is 3. The fraction of sp³-hybridized carbons (Fsp3) is 0.269. The van der Waals surface area contributed by atoms with Gasteiger partial charge >= 0.3 is 17.9 Å². The molecule has 35 heteroatoms. The Bertz CT molecular complexity index is 4840. The lowest BCUT2D eigenvalue weighted by Crippen LogP contribution is -2.56. The molecule has 0 aliphatic carbocycles. The van der Waals surface area contributed by atoms with E-state index in [9.17, 15) is 73.2 Å². The van der Waals surface area contributed by atoms with Crippen molar-refractivity contribution in [2.75, 3.05) is 51.3 Å². The topological polar surface area (TPSA) is 504 Å². The van der Waals surface area contributed by atoms with E-state index in [0.717, 1.165) is 32.5 Å². The van der Waals surface area contributed by atoms with Crippen LogP contribution in [0.1, 0.15) is 92.9 Å². The Morgan fingerprint density at radius 1 is 0.706 bits per heavy atom. The largest absolute Gasteiger partial charge is 0.507 e. The van der Waals surface area contributed by atoms with Crippen LogP contribution >= 0.6 is 33.2 Å². The molecular formula is C67H68ClN17O15S2. The maximum Gasteiger partial charge on any atom is 0.327 e. The molecule has 5 heterocycles. The number of carboxylic acid groups (broad SMARTS) is 3. The number of aliphatic carboxylic acids is 3. The maximum absolute atomic E-state index is 14.1. The number of anilines is 4. The molecule has 5 aromatic carbocycles. The number of aryl methyl sites for hydroxylation is 1. The molecule has 10 rings (SSSR count). The summed E-state index contributed by atoms with van der Waals surface area (Å²) in [6.07, 6.45) is -0.754. The Kier molecular flexibility index (Phi) is 23.5. The summed E-state index contributed by atoms with van der Waals surface area (Å²) in [4.78, 5) is 167. The Morgan fingerprint density at radius 3 is 2.05 bits per heavy atom. The fourth-order valence-electron chi connectivity index (χ4n) is 11.3. The number of aromatic nitrogens is 6. The third-order valence-corrected chi connectivity index (χ3v) is 19.1. The van der Waals surface area contributed by atoms with Crippen LogP contribution in [0.2, 0.25) is 0 Å². The minimum Gasteiger partial charge on any atom is -0.507 e. The van der Waals surface area contributed by atoms with Crippen molar-refractivity contribution in [2.45, 2.75) is 82.1 Å². The molecule has 7 amide bonds. The number of H-pyrrole nitrogens is 3. The highest BCUT2D eigenvalue weighted by Gasteiger charge is 2.36. The molecule has 530 valence electrons. The number of hydrogen-bond acceptors (Lipinski definition) is 19. The van der Waals surface area contributed by atoms with Gasteiger partial charge < -0.3 is 88.5 Å². The number of rotatable bonds is 32. The second-order valence-corrected chi connectivity index (χ2v) is 26.6. The molecular weight excluding hydrogens is 1380 g/mol. The summed E-state index contributed by atoms with van der Waals surface area (Å²) in [5.41, 5.74) is 10.3. The highest BCUT2D eigenvalue weighted by molar-refractivity contribution is 8.76. The number of benzene rings is 5. The third kappa shape index (κ3) is 18.4. The smallest absolute Gasteiger partial charge is 0.327 e. The highest BCUT2D eigenvalue weighted by atomic mass is 35.5. The summed E-state index contributed by atoms with van der Waals surface area (Å²) in [5.74, 6) is -9.65. The molecule has 32 nitrogen and oxygen atoms in total. The summed E-state index contributed by atoms with van der Waals surface area (Å²) in [7, 11) is 2.09. The van der Waals surface area contributed by atoms with Gasteiger partial charge in [-0.1, -0.05) is 45.9 Å². The van der Waals surface area contributed by atoms with Gasteiger partial charge in [0.2, 0.25) is 23.6 Å². The van der Waals surface area contributed by atoms with Gasteiger partial charge in [0.25, 0.3) is 23.3 Å². The van der Waals surface area contributed by atoms with Gasteiger partial charge in [0, 0.05) is 105 Å². The summed E-state index contributed by atoms with van der Waals surface area (Å²) < 4.78 is 0. The molecule has 9 aromatic rings. The minimum absolute atomic E-state index is 0.0272. The molecule has 18 N–H and O–H groups in total. The number of hydrogen-bond donors (Lipinski definition) is 17. The normalized spacial score (nSPS) is 13.7. The molecule has 4 aromatic heterocycles. The van der Waals surface area contributed by atoms with Gasteiger partial charge in [0.05, 0.1) is 30.5 Å². The highest BCUT2D eigenvalue weighted by Crippen LogP contribution is 2.46. The van der Waals surface area contributed by atoms with E-state index in [4.69, 9.17) is 22.7 Å². The first kappa shape index (κ1) is 73.0. The molecule has 2 unspecified atom stereocenters. The SMILES string of the molecule is Cc1nc2ncc(CNc3ccc(C(=O)N[C@H](CCC(=O)N[C@H](CCCNC(=N)N)C(=O)N[C@H](CC(=O)O)C(=O)NC(CSSCCC(=O)Nc4ccc5[nH]c(C(=O)Nc6ccc7[nH]c(C(=O)N8CC(CCl)c9c8cc(O)c8ccccc98)cc7c6)cc5c4)C(=O)O)C(=O)O)cc3)nc2c(=O)[nH]1. The number of carbonyl (C=O) groups excluding carboxylic acids is 7. The van der Waals surface area contributed by atoms with E-state index in [1.807, 2.05) is 24.3 Å². The van der Waals surface area contributed by atoms with Crippen LogP contribution in [-0.4, -0.2) is 170 Å². The van der Waals surface area contributed by atoms with Crippen molar-refractivity contribution in [1.29, 1.82) is 5.41 Å². The molecule has 5 atom stereocenters. The monoisotopic (exact) mass is 1450 g/mol. The Labute approximate surface area is 590 Å². The Balaban J connectivity index is 0.667. The van der Waals surface area contributed by atoms with Crippen LogP contribution in [0.4, 0.5) is 22.7 Å². The zero-order valence-electron chi connectivity index (χ0n) is 54.1. The summed E-state index contributed by atoms with van der Waals surface area (Å²) in [5, 5.41) is 71.5. The van der Waals surface area contributed by atoms with E-state index >= 15 is 0 Å². The second-order valence-electron chi connectivity index (χ2n) is 23.6. The van der Waals surface area contributed by atoms with Crippen molar-refractivity contribution >= 4 is 165 Å². The standard InChI is InChI=1S/C67H68ClN17O15S2/c1-32-74-58-57(63(95)75-32)77-40(29-73-58)28-72-37-10-8-33(9-11-37)59(91)82-46(65(97)98)16-17-53(87)81-45(7-4-19-71-67(69)70)60(92)83-48(25-55(89)90)62(94)84-50(66(99)100)31-102-101-20-18-54(88)76-38-12-14-43-34(21-38)23-47(79-43)61(93)78-39-13-15-44-35(22-39)24-49(80-44)64(96)85-30-36(27-68)56-42-6-3-2-5-41(42)52(86)26-51(56)85/h2-3,5-6,8-15,21-24,26,29,36,45-46,48,50,72,79-80,86H,4,7,16-20,25,27-28,30-31H2,1H3,(H,76,88)(H,78,93)(H,81,87)(H,82,91)(H,83,92)(H,84,94)(H,89,90)(H,97,98)(H,99,100)(H4,69,70,71)(H,73,74,75,95)/t36?,45-,46-,48-,50?/m1/s1. The minimum atomic E-state index is -1.88. The lowest BCUT2D eigenvalue weighted by Gasteiger charge is -2.24. The predicted octanol–water partition coefficient (Wildman–Crippen LogP) is 5.34. The number of aromatic hydroxyl groups is 1. The second kappa shape index (κ2) is 32.9. The first-order valence-corrected chi connectivity index (χ1v) is 34.7. The predicted molar refractivity (Wildman–Crippen MR) is 383 cm³/mol. The molecule has 0 radical (unpaired) electrons. The molecule has 0 bridgehead atoms. The number of phenols is 1. The van der Waals surface area contributed by atoms with Gasteiger partial charge in [-0.25, -0.2) is 24.5 Å². The van der Waals surface area contributed by atoms with Crippen LogP contribution in [0.3, 0.4) is 0 Å². The van der Waals surface area contributed by atoms with Crippen molar-refractivity contribution in [1.82, 2.24) is 56.5 Å². The lowest BCUT2D eigenvalue weighted by molar-refractivity contribution is -0.143. The van der Waals surface area contributed by atoms with Crippen LogP contribution < -0.4 is 58.7 Å². The molecule has 0 fully saturated rings. The van der Waals surface area contributed by atoms with Crippen LogP contribution in [0.5, 0.6) is 5.75 Å². The Hall–Kier alpha value is -11.8. The number of carbonyl (C=O) groups is 10. The Morgan fingerprint density at radius 2 is 1.36 bits per heavy atom. The number of guanidine groups is 1. The van der Waals surface area contributed by atoms with Gasteiger partial charge in [-0.3, -0.25) is 48.6 Å². The van der Waals surface area contributed by atoms with E-state index in [-0.39, 0.29) is 89.7 Å². The maximum atomic E-state index is 14.1. The van der Waals surface area contributed by atoms with Crippen molar-refractivity contribution in [2.24, 2.45) is 5.73 Å². The number of carboxylic acids is 3. The van der Waals surface area contributed by atoms with Crippen LogP contribution in [0, 0.1) is 12.3 Å². The summed E-state index contributed by atoms with van der Waals surface area (Å²) in [6.45, 7) is 2.11. The van der Waals surface area contributed by atoms with Crippen molar-refractivity contribution in [3.63, 3.8) is 0 Å². The van der Waals surface area contributed by atoms with Gasteiger partial charge in [-0.15, -0.1) is 11.6 Å². The van der Waals surface area contributed by atoms with Crippen molar-refractivity contribution < 1.29 is 68.4 Å². The molecule has 0 saturated carbocycles. The molecule has 1 aliphatic rings. The number of amides is 7. The molecule has 1 aliphatic heterocycles. The summed E-state index contributed by atoms with van der Waals surface area (Å²) >= 11 is 6.41. The van der Waals surface area contributed by atoms with Crippen molar-refractivity contribution in [3.05, 3.63) is 154 Å². The number of alkyl halides is 1. The average Bonchev–Trinajstić information content (AvgIpc) is 1.58. The number of nitrogens with one attached hydrogen (secondary N) is 12. The van der Waals surface area contributed by atoms with Gasteiger partial charge in [-0.2, -0.15) is 0 Å². The van der Waals surface area contributed by atoms with Crippen LogP contribution in [0.25, 0.3) is 43.7 Å². The number of nitrogens with zero attached hydrogens (tertiary/aromatic N) is 4. The number of nitrogens with two attached hydrogens (primary N) is 1. The molecule has 102 heavy (non-hydrogen) atoms. The van der Waals surface area contributed by atoms with Crippen molar-refractivity contribution in [3.8, 4) is 5.75 Å². The van der Waals surface area contributed by atoms with E-state index < -0.39 is 108 Å². The quantitative estimate of drug-likeness (QED) is 0.00831. The number of fused-ring (bicyclic) bond motifs is 6. The first-order valence-electron chi connectivity index (χ1n) is 31.6. The van der Waals surface area contributed by atoms with Gasteiger partial charge in [0.15, 0.2) is 17.1 Å². The number of phenolic OH excluding ortho intramolecular Hbond substituents is 1. The fourth-order valence-corrected chi connectivity index (χ4v) is 13.7. The average molecular weight is 1450 g/mol. The zero-order chi connectivity index (χ0) is 72.9. The van der Waals surface area contributed by atoms with Gasteiger partial charge in [-0.05, 0) is 110 Å². The van der Waals surface area contributed by atoms with Crippen LogP contribution in [-0.2, 0) is 40.1 Å².